The zero-order valence-electron chi connectivity index (χ0n) is 17.1. The smallest absolute Gasteiger partial charge is 0.242 e. The van der Waals surface area contributed by atoms with E-state index < -0.39 is 5.25 Å². The Hall–Kier alpha value is -2.60. The molecule has 0 aliphatic heterocycles. The molecule has 0 radical (unpaired) electrons. The van der Waals surface area contributed by atoms with Gasteiger partial charge in [-0.1, -0.05) is 54.2 Å². The highest BCUT2D eigenvalue weighted by Gasteiger charge is 2.32. The molecule has 0 bridgehead atoms. The van der Waals surface area contributed by atoms with Crippen molar-refractivity contribution in [2.45, 2.75) is 56.5 Å². The lowest BCUT2D eigenvalue weighted by atomic mass is 10.1. The van der Waals surface area contributed by atoms with Gasteiger partial charge in [0.2, 0.25) is 5.91 Å². The SMILES string of the molecule is CCn1c(S[C@H](C(=O)Nc2cc(C)ccc2C)c2ccccc2)nnc1C1CC1. The highest BCUT2D eigenvalue weighted by molar-refractivity contribution is 8.00. The Morgan fingerprint density at radius 1 is 1.17 bits per heavy atom. The summed E-state index contributed by atoms with van der Waals surface area (Å²) in [5, 5.41) is 12.4. The summed E-state index contributed by atoms with van der Waals surface area (Å²) in [4.78, 5) is 13.3. The Kier molecular flexibility index (Phi) is 5.72. The van der Waals surface area contributed by atoms with Crippen LogP contribution in [0.2, 0.25) is 0 Å². The van der Waals surface area contributed by atoms with E-state index in [0.717, 1.165) is 39.9 Å². The van der Waals surface area contributed by atoms with Gasteiger partial charge in [0.25, 0.3) is 0 Å². The van der Waals surface area contributed by atoms with Gasteiger partial charge in [-0.05, 0) is 56.4 Å². The lowest BCUT2D eigenvalue weighted by molar-refractivity contribution is -0.115. The average Bonchev–Trinajstić information content (AvgIpc) is 3.49. The van der Waals surface area contributed by atoms with Crippen molar-refractivity contribution in [2.24, 2.45) is 0 Å². The second-order valence-corrected chi connectivity index (χ2v) is 8.65. The summed E-state index contributed by atoms with van der Waals surface area (Å²) in [6.45, 7) is 6.95. The van der Waals surface area contributed by atoms with Crippen LogP contribution in [-0.4, -0.2) is 20.7 Å². The number of hydrogen-bond acceptors (Lipinski definition) is 4. The van der Waals surface area contributed by atoms with Crippen LogP contribution in [0.3, 0.4) is 0 Å². The third-order valence-corrected chi connectivity index (χ3v) is 6.45. The molecule has 1 aliphatic rings. The summed E-state index contributed by atoms with van der Waals surface area (Å²) >= 11 is 1.47. The minimum absolute atomic E-state index is 0.0477. The number of amides is 1. The Morgan fingerprint density at radius 2 is 1.93 bits per heavy atom. The molecular formula is C23H26N4OS. The number of nitrogens with zero attached hydrogens (tertiary/aromatic N) is 3. The van der Waals surface area contributed by atoms with Gasteiger partial charge in [-0.15, -0.1) is 10.2 Å². The second-order valence-electron chi connectivity index (χ2n) is 7.58. The first kappa shape index (κ1) is 19.7. The maximum Gasteiger partial charge on any atom is 0.242 e. The van der Waals surface area contributed by atoms with Crippen LogP contribution >= 0.6 is 11.8 Å². The van der Waals surface area contributed by atoms with E-state index >= 15 is 0 Å². The van der Waals surface area contributed by atoms with Crippen molar-refractivity contribution in [3.05, 3.63) is 71.0 Å². The molecule has 4 rings (SSSR count). The molecular weight excluding hydrogens is 380 g/mol. The van der Waals surface area contributed by atoms with Gasteiger partial charge >= 0.3 is 0 Å². The number of carbonyl (C=O) groups excluding carboxylic acids is 1. The third kappa shape index (κ3) is 4.37. The van der Waals surface area contributed by atoms with Crippen LogP contribution < -0.4 is 5.32 Å². The molecule has 1 amide bonds. The lowest BCUT2D eigenvalue weighted by Crippen LogP contribution is -2.20. The van der Waals surface area contributed by atoms with Crippen molar-refractivity contribution >= 4 is 23.4 Å². The quantitative estimate of drug-likeness (QED) is 0.544. The normalized spacial score (nSPS) is 14.6. The molecule has 2 aromatic carbocycles. The molecule has 1 aromatic heterocycles. The minimum Gasteiger partial charge on any atom is -0.325 e. The monoisotopic (exact) mass is 406 g/mol. The molecule has 1 heterocycles. The number of anilines is 1. The van der Waals surface area contributed by atoms with Crippen LogP contribution in [0, 0.1) is 13.8 Å². The van der Waals surface area contributed by atoms with Crippen molar-refractivity contribution in [3.63, 3.8) is 0 Å². The van der Waals surface area contributed by atoms with Crippen LogP contribution in [-0.2, 0) is 11.3 Å². The van der Waals surface area contributed by atoms with Crippen molar-refractivity contribution in [2.75, 3.05) is 5.32 Å². The van der Waals surface area contributed by atoms with Gasteiger partial charge in [-0.2, -0.15) is 0 Å². The van der Waals surface area contributed by atoms with E-state index in [1.54, 1.807) is 0 Å². The van der Waals surface area contributed by atoms with Gasteiger partial charge in [0, 0.05) is 18.2 Å². The van der Waals surface area contributed by atoms with E-state index in [2.05, 4.69) is 33.1 Å². The highest BCUT2D eigenvalue weighted by atomic mass is 32.2. The number of nitrogens with one attached hydrogen (secondary N) is 1. The third-order valence-electron chi connectivity index (χ3n) is 5.22. The maximum absolute atomic E-state index is 13.3. The molecule has 1 saturated carbocycles. The van der Waals surface area contributed by atoms with Crippen molar-refractivity contribution in [1.29, 1.82) is 0 Å². The molecule has 1 fully saturated rings. The minimum atomic E-state index is -0.405. The predicted octanol–water partition coefficient (Wildman–Crippen LogP) is 5.26. The first-order valence-corrected chi connectivity index (χ1v) is 11.0. The first-order valence-electron chi connectivity index (χ1n) is 10.1. The summed E-state index contributed by atoms with van der Waals surface area (Å²) in [5.74, 6) is 1.53. The Labute approximate surface area is 175 Å². The molecule has 0 spiro atoms. The summed E-state index contributed by atoms with van der Waals surface area (Å²) in [7, 11) is 0. The van der Waals surface area contributed by atoms with Crippen molar-refractivity contribution in [1.82, 2.24) is 14.8 Å². The molecule has 6 heteroatoms. The summed E-state index contributed by atoms with van der Waals surface area (Å²) < 4.78 is 2.16. The van der Waals surface area contributed by atoms with Crippen LogP contribution in [0.1, 0.15) is 53.4 Å². The van der Waals surface area contributed by atoms with Gasteiger partial charge in [0.05, 0.1) is 0 Å². The highest BCUT2D eigenvalue weighted by Crippen LogP contribution is 2.42. The zero-order chi connectivity index (χ0) is 20.4. The van der Waals surface area contributed by atoms with Gasteiger partial charge in [-0.25, -0.2) is 0 Å². The van der Waals surface area contributed by atoms with E-state index in [9.17, 15) is 4.79 Å². The predicted molar refractivity (Wildman–Crippen MR) is 117 cm³/mol. The number of hydrogen-bond donors (Lipinski definition) is 1. The zero-order valence-corrected chi connectivity index (χ0v) is 17.9. The average molecular weight is 407 g/mol. The molecule has 150 valence electrons. The number of thioether (sulfide) groups is 1. The van der Waals surface area contributed by atoms with Gasteiger partial charge in [-0.3, -0.25) is 4.79 Å². The van der Waals surface area contributed by atoms with E-state index in [-0.39, 0.29) is 5.91 Å². The molecule has 3 aromatic rings. The molecule has 1 atom stereocenters. The van der Waals surface area contributed by atoms with E-state index in [1.807, 2.05) is 56.3 Å². The first-order chi connectivity index (χ1) is 14.1. The van der Waals surface area contributed by atoms with Gasteiger partial charge in [0.15, 0.2) is 5.16 Å². The molecule has 0 unspecified atom stereocenters. The topological polar surface area (TPSA) is 59.8 Å². The summed E-state index contributed by atoms with van der Waals surface area (Å²) in [6, 6.07) is 16.0. The lowest BCUT2D eigenvalue weighted by Gasteiger charge is -2.18. The number of aromatic nitrogens is 3. The standard InChI is InChI=1S/C23H26N4OS/c1-4-27-21(18-12-13-18)25-26-23(27)29-20(17-8-6-5-7-9-17)22(28)24-19-14-15(2)10-11-16(19)3/h5-11,14,18,20H,4,12-13H2,1-3H3,(H,24,28)/t20-/m0/s1. The van der Waals surface area contributed by atoms with Crippen LogP contribution in [0.5, 0.6) is 0 Å². The van der Waals surface area contributed by atoms with E-state index in [4.69, 9.17) is 0 Å². The summed E-state index contributed by atoms with van der Waals surface area (Å²) in [6.07, 6.45) is 2.36. The molecule has 5 nitrogen and oxygen atoms in total. The van der Waals surface area contributed by atoms with Crippen LogP contribution in [0.4, 0.5) is 5.69 Å². The number of benzene rings is 2. The molecule has 1 aliphatic carbocycles. The van der Waals surface area contributed by atoms with Crippen molar-refractivity contribution in [3.8, 4) is 0 Å². The fraction of sp³-hybridized carbons (Fsp3) is 0.348. The molecule has 1 N–H and O–H groups in total. The maximum atomic E-state index is 13.3. The van der Waals surface area contributed by atoms with E-state index in [0.29, 0.717) is 5.92 Å². The number of carbonyl (C=O) groups is 1. The van der Waals surface area contributed by atoms with Crippen molar-refractivity contribution < 1.29 is 4.79 Å². The largest absolute Gasteiger partial charge is 0.325 e. The Morgan fingerprint density at radius 3 is 2.62 bits per heavy atom. The van der Waals surface area contributed by atoms with Crippen LogP contribution in [0.25, 0.3) is 0 Å². The Bertz CT molecular complexity index is 1010. The fourth-order valence-corrected chi connectivity index (χ4v) is 4.51. The van der Waals surface area contributed by atoms with E-state index in [1.165, 1.54) is 24.6 Å². The number of rotatable bonds is 7. The van der Waals surface area contributed by atoms with Gasteiger partial charge in [0.1, 0.15) is 11.1 Å². The molecule has 29 heavy (non-hydrogen) atoms. The van der Waals surface area contributed by atoms with Crippen LogP contribution in [0.15, 0.2) is 53.7 Å². The second kappa shape index (κ2) is 8.41. The number of aryl methyl sites for hydroxylation is 2. The Balaban J connectivity index is 1.64. The molecule has 0 saturated heterocycles. The summed E-state index contributed by atoms with van der Waals surface area (Å²) in [5.41, 5.74) is 3.98. The fourth-order valence-electron chi connectivity index (χ4n) is 3.40. The van der Waals surface area contributed by atoms with Gasteiger partial charge < -0.3 is 9.88 Å².